The van der Waals surface area contributed by atoms with Crippen molar-refractivity contribution in [3.63, 3.8) is 0 Å². The summed E-state index contributed by atoms with van der Waals surface area (Å²) in [6.07, 6.45) is 2.88. The van der Waals surface area contributed by atoms with Gasteiger partial charge >= 0.3 is 0 Å². The van der Waals surface area contributed by atoms with Gasteiger partial charge in [0.25, 0.3) is 10.0 Å². The van der Waals surface area contributed by atoms with Crippen LogP contribution in [-0.2, 0) is 16.4 Å². The van der Waals surface area contributed by atoms with E-state index >= 15 is 0 Å². The van der Waals surface area contributed by atoms with Gasteiger partial charge in [0.2, 0.25) is 0 Å². The molecule has 0 N–H and O–H groups in total. The summed E-state index contributed by atoms with van der Waals surface area (Å²) in [4.78, 5) is 0.320. The largest absolute Gasteiger partial charge is 0.282 e. The summed E-state index contributed by atoms with van der Waals surface area (Å²) in [5, 5.41) is 0. The molecule has 0 aliphatic heterocycles. The molecule has 0 saturated carbocycles. The third-order valence-electron chi connectivity index (χ3n) is 3.28. The Balaban J connectivity index is 2.09. The first-order chi connectivity index (χ1) is 10.0. The van der Waals surface area contributed by atoms with E-state index in [0.717, 1.165) is 17.5 Å². The molecule has 0 aliphatic rings. The van der Waals surface area contributed by atoms with E-state index in [1.54, 1.807) is 26.0 Å². The van der Waals surface area contributed by atoms with Crippen molar-refractivity contribution in [1.29, 1.82) is 0 Å². The van der Waals surface area contributed by atoms with Crippen molar-refractivity contribution in [1.82, 2.24) is 0 Å². The van der Waals surface area contributed by atoms with E-state index in [9.17, 15) is 8.42 Å². The Kier molecular flexibility index (Phi) is 4.91. The molecule has 0 spiro atoms. The smallest absolute Gasteiger partial charge is 0.199 e. The highest BCUT2D eigenvalue weighted by Crippen LogP contribution is 2.21. The fourth-order valence-corrected chi connectivity index (χ4v) is 3.64. The lowest BCUT2D eigenvalue weighted by molar-refractivity contribution is 0.597. The van der Waals surface area contributed by atoms with Crippen LogP contribution in [0.5, 0.6) is 0 Å². The minimum atomic E-state index is -3.61. The second kappa shape index (κ2) is 6.68. The standard InChI is InChI=1S/C17H19NO2S/c1-14-8-6-9-15(2)17(14)21(19,20)18-13-7-12-16-10-4-3-5-11-16/h3-6,8-11,13H,7,12H2,1-2H3/b18-13+. The Morgan fingerprint density at radius 3 is 2.19 bits per heavy atom. The van der Waals surface area contributed by atoms with Gasteiger partial charge in [0.1, 0.15) is 0 Å². The van der Waals surface area contributed by atoms with E-state index < -0.39 is 10.0 Å². The summed E-state index contributed by atoms with van der Waals surface area (Å²) < 4.78 is 28.4. The molecule has 2 aromatic carbocycles. The summed E-state index contributed by atoms with van der Waals surface area (Å²) in [7, 11) is -3.61. The quantitative estimate of drug-likeness (QED) is 0.791. The van der Waals surface area contributed by atoms with Crippen molar-refractivity contribution in [2.45, 2.75) is 31.6 Å². The molecule has 0 radical (unpaired) electrons. The Labute approximate surface area is 126 Å². The zero-order chi connectivity index (χ0) is 15.3. The zero-order valence-electron chi connectivity index (χ0n) is 12.3. The summed E-state index contributed by atoms with van der Waals surface area (Å²) in [6.45, 7) is 3.58. The van der Waals surface area contributed by atoms with E-state index in [1.165, 1.54) is 11.8 Å². The van der Waals surface area contributed by atoms with Crippen LogP contribution in [0.2, 0.25) is 0 Å². The van der Waals surface area contributed by atoms with Crippen LogP contribution in [0.25, 0.3) is 0 Å². The zero-order valence-corrected chi connectivity index (χ0v) is 13.1. The molecule has 2 rings (SSSR count). The first-order valence-electron chi connectivity index (χ1n) is 6.89. The number of hydrogen-bond donors (Lipinski definition) is 0. The van der Waals surface area contributed by atoms with Gasteiger partial charge in [-0.3, -0.25) is 0 Å². The predicted octanol–water partition coefficient (Wildman–Crippen LogP) is 3.70. The van der Waals surface area contributed by atoms with Gasteiger partial charge in [-0.15, -0.1) is 0 Å². The molecule has 0 amide bonds. The van der Waals surface area contributed by atoms with Crippen molar-refractivity contribution in [2.75, 3.05) is 0 Å². The van der Waals surface area contributed by atoms with Gasteiger partial charge in [-0.2, -0.15) is 12.8 Å². The molecule has 0 fully saturated rings. The summed E-state index contributed by atoms with van der Waals surface area (Å²) in [5.74, 6) is 0. The van der Waals surface area contributed by atoms with Crippen molar-refractivity contribution in [3.05, 3.63) is 65.2 Å². The number of hydrogen-bond acceptors (Lipinski definition) is 2. The maximum absolute atomic E-state index is 12.3. The maximum Gasteiger partial charge on any atom is 0.282 e. The third-order valence-corrected chi connectivity index (χ3v) is 4.87. The molecule has 0 atom stereocenters. The summed E-state index contributed by atoms with van der Waals surface area (Å²) in [6, 6.07) is 15.4. The SMILES string of the molecule is Cc1cccc(C)c1S(=O)(=O)/N=C/CCc1ccccc1. The van der Waals surface area contributed by atoms with E-state index in [0.29, 0.717) is 11.3 Å². The molecule has 21 heavy (non-hydrogen) atoms. The van der Waals surface area contributed by atoms with Crippen LogP contribution in [0.1, 0.15) is 23.1 Å². The Morgan fingerprint density at radius 1 is 0.952 bits per heavy atom. The van der Waals surface area contributed by atoms with Crippen LogP contribution in [0.3, 0.4) is 0 Å². The van der Waals surface area contributed by atoms with E-state index in [4.69, 9.17) is 0 Å². The highest BCUT2D eigenvalue weighted by Gasteiger charge is 2.17. The summed E-state index contributed by atoms with van der Waals surface area (Å²) >= 11 is 0. The van der Waals surface area contributed by atoms with E-state index in [1.807, 2.05) is 36.4 Å². The molecule has 0 aliphatic carbocycles. The highest BCUT2D eigenvalue weighted by molar-refractivity contribution is 7.90. The summed E-state index contributed by atoms with van der Waals surface area (Å²) in [5.41, 5.74) is 2.64. The average molecular weight is 301 g/mol. The van der Waals surface area contributed by atoms with Gasteiger partial charge in [0, 0.05) is 6.21 Å². The van der Waals surface area contributed by atoms with Gasteiger partial charge in [-0.1, -0.05) is 48.5 Å². The molecule has 0 heterocycles. The third kappa shape index (κ3) is 4.02. The molecule has 0 saturated heterocycles. The van der Waals surface area contributed by atoms with Crippen molar-refractivity contribution < 1.29 is 8.42 Å². The van der Waals surface area contributed by atoms with Crippen LogP contribution >= 0.6 is 0 Å². The van der Waals surface area contributed by atoms with Crippen molar-refractivity contribution in [3.8, 4) is 0 Å². The molecular weight excluding hydrogens is 282 g/mol. The van der Waals surface area contributed by atoms with E-state index in [2.05, 4.69) is 4.40 Å². The maximum atomic E-state index is 12.3. The normalized spacial score (nSPS) is 11.9. The minimum absolute atomic E-state index is 0.320. The van der Waals surface area contributed by atoms with Crippen LogP contribution in [0.4, 0.5) is 0 Å². The Hall–Kier alpha value is -1.94. The number of rotatable bonds is 5. The lowest BCUT2D eigenvalue weighted by Crippen LogP contribution is -2.03. The molecule has 4 heteroatoms. The van der Waals surface area contributed by atoms with Gasteiger partial charge in [-0.05, 0) is 43.4 Å². The van der Waals surface area contributed by atoms with Crippen molar-refractivity contribution >= 4 is 16.2 Å². The molecule has 3 nitrogen and oxygen atoms in total. The second-order valence-corrected chi connectivity index (χ2v) is 6.58. The number of benzene rings is 2. The molecule has 2 aromatic rings. The van der Waals surface area contributed by atoms with Gasteiger partial charge < -0.3 is 0 Å². The highest BCUT2D eigenvalue weighted by atomic mass is 32.2. The fourth-order valence-electron chi connectivity index (χ4n) is 2.29. The number of aryl methyl sites for hydroxylation is 3. The molecule has 0 aromatic heterocycles. The molecular formula is C17H19NO2S. The van der Waals surface area contributed by atoms with Crippen LogP contribution in [0.15, 0.2) is 57.8 Å². The van der Waals surface area contributed by atoms with Gasteiger partial charge in [0.05, 0.1) is 4.90 Å². The van der Waals surface area contributed by atoms with Crippen LogP contribution in [0, 0.1) is 13.8 Å². The second-order valence-electron chi connectivity index (χ2n) is 5.01. The number of nitrogens with zero attached hydrogens (tertiary/aromatic N) is 1. The minimum Gasteiger partial charge on any atom is -0.199 e. The van der Waals surface area contributed by atoms with Gasteiger partial charge in [0.15, 0.2) is 0 Å². The first-order valence-corrected chi connectivity index (χ1v) is 8.33. The van der Waals surface area contributed by atoms with Crippen molar-refractivity contribution in [2.24, 2.45) is 4.40 Å². The predicted molar refractivity (Wildman–Crippen MR) is 86.4 cm³/mol. The van der Waals surface area contributed by atoms with Gasteiger partial charge in [-0.25, -0.2) is 0 Å². The fraction of sp³-hybridized carbons (Fsp3) is 0.235. The first kappa shape index (κ1) is 15.4. The average Bonchev–Trinajstić information content (AvgIpc) is 2.44. The lowest BCUT2D eigenvalue weighted by atomic mass is 10.1. The molecule has 110 valence electrons. The Bertz CT molecular complexity index is 714. The lowest BCUT2D eigenvalue weighted by Gasteiger charge is -2.06. The van der Waals surface area contributed by atoms with E-state index in [-0.39, 0.29) is 0 Å². The van der Waals surface area contributed by atoms with Crippen LogP contribution < -0.4 is 0 Å². The Morgan fingerprint density at radius 2 is 1.57 bits per heavy atom. The number of sulfonamides is 1. The van der Waals surface area contributed by atoms with Crippen LogP contribution in [-0.4, -0.2) is 14.6 Å². The topological polar surface area (TPSA) is 46.5 Å². The monoisotopic (exact) mass is 301 g/mol. The molecule has 0 bridgehead atoms. The molecule has 0 unspecified atom stereocenters.